The van der Waals surface area contributed by atoms with Gasteiger partial charge in [-0.3, -0.25) is 0 Å². The third kappa shape index (κ3) is 3.32. The molecule has 1 aromatic heterocycles. The van der Waals surface area contributed by atoms with Crippen molar-refractivity contribution in [2.75, 3.05) is 0 Å². The highest BCUT2D eigenvalue weighted by molar-refractivity contribution is 7.89. The second-order valence-electron chi connectivity index (χ2n) is 5.04. The number of nitrogens with zero attached hydrogens (tertiary/aromatic N) is 1. The Morgan fingerprint density at radius 3 is 2.67 bits per heavy atom. The van der Waals surface area contributed by atoms with Crippen molar-refractivity contribution >= 4 is 10.0 Å². The van der Waals surface area contributed by atoms with Gasteiger partial charge >= 0.3 is 0 Å². The molecule has 1 aliphatic carbocycles. The van der Waals surface area contributed by atoms with Gasteiger partial charge in [0.1, 0.15) is 0 Å². The van der Waals surface area contributed by atoms with Gasteiger partial charge in [0.05, 0.1) is 12.5 Å². The number of aromatic nitrogens is 2. The van der Waals surface area contributed by atoms with Crippen molar-refractivity contribution in [2.24, 2.45) is 5.92 Å². The maximum Gasteiger partial charge on any atom is 0.257 e. The SMILES string of the molecule is CCCC1CCC(NS(=O)(=O)c2cnc[nH]2)CC1. The molecule has 0 aromatic carbocycles. The number of imidazole rings is 1. The Balaban J connectivity index is 1.88. The average molecular weight is 271 g/mol. The predicted molar refractivity (Wildman–Crippen MR) is 69.6 cm³/mol. The summed E-state index contributed by atoms with van der Waals surface area (Å²) in [5, 5.41) is 0.151. The zero-order valence-corrected chi connectivity index (χ0v) is 11.5. The second kappa shape index (κ2) is 5.84. The summed E-state index contributed by atoms with van der Waals surface area (Å²) < 4.78 is 26.7. The van der Waals surface area contributed by atoms with Gasteiger partial charge in [0.2, 0.25) is 0 Å². The first-order valence-electron chi connectivity index (χ1n) is 6.62. The molecule has 1 fully saturated rings. The zero-order valence-electron chi connectivity index (χ0n) is 10.7. The highest BCUT2D eigenvalue weighted by Crippen LogP contribution is 2.28. The molecule has 1 aliphatic rings. The summed E-state index contributed by atoms with van der Waals surface area (Å²) in [5.74, 6) is 0.780. The van der Waals surface area contributed by atoms with E-state index < -0.39 is 10.0 Å². The molecule has 0 unspecified atom stereocenters. The molecule has 2 rings (SSSR count). The number of hydrogen-bond donors (Lipinski definition) is 2. The van der Waals surface area contributed by atoms with Gasteiger partial charge in [-0.05, 0) is 31.6 Å². The summed E-state index contributed by atoms with van der Waals surface area (Å²) in [6.45, 7) is 2.20. The number of rotatable bonds is 5. The van der Waals surface area contributed by atoms with Crippen molar-refractivity contribution in [1.29, 1.82) is 0 Å². The minimum absolute atomic E-state index is 0.0754. The molecule has 0 saturated heterocycles. The molecule has 1 heterocycles. The van der Waals surface area contributed by atoms with Crippen molar-refractivity contribution in [3.05, 3.63) is 12.5 Å². The van der Waals surface area contributed by atoms with Crippen LogP contribution in [0.3, 0.4) is 0 Å². The van der Waals surface area contributed by atoms with Gasteiger partial charge in [-0.2, -0.15) is 0 Å². The molecular weight excluding hydrogens is 250 g/mol. The van der Waals surface area contributed by atoms with Gasteiger partial charge in [0, 0.05) is 6.04 Å². The van der Waals surface area contributed by atoms with Crippen LogP contribution in [0.1, 0.15) is 45.4 Å². The quantitative estimate of drug-likeness (QED) is 0.860. The first kappa shape index (κ1) is 13.5. The van der Waals surface area contributed by atoms with Gasteiger partial charge in [-0.25, -0.2) is 18.1 Å². The van der Waals surface area contributed by atoms with Crippen LogP contribution < -0.4 is 4.72 Å². The number of H-pyrrole nitrogens is 1. The Morgan fingerprint density at radius 2 is 2.11 bits per heavy atom. The van der Waals surface area contributed by atoms with E-state index in [0.29, 0.717) is 0 Å². The highest BCUT2D eigenvalue weighted by atomic mass is 32.2. The fourth-order valence-electron chi connectivity index (χ4n) is 2.65. The van der Waals surface area contributed by atoms with E-state index in [-0.39, 0.29) is 11.1 Å². The van der Waals surface area contributed by atoms with Gasteiger partial charge in [0.15, 0.2) is 5.03 Å². The van der Waals surface area contributed by atoms with Crippen LogP contribution in [0, 0.1) is 5.92 Å². The van der Waals surface area contributed by atoms with E-state index in [2.05, 4.69) is 21.6 Å². The molecule has 102 valence electrons. The molecule has 1 saturated carbocycles. The lowest BCUT2D eigenvalue weighted by atomic mass is 9.84. The molecule has 1 aromatic rings. The number of nitrogens with one attached hydrogen (secondary N) is 2. The monoisotopic (exact) mass is 271 g/mol. The van der Waals surface area contributed by atoms with Crippen LogP contribution in [-0.4, -0.2) is 24.4 Å². The molecule has 0 atom stereocenters. The van der Waals surface area contributed by atoms with Crippen molar-refractivity contribution < 1.29 is 8.42 Å². The summed E-state index contributed by atoms with van der Waals surface area (Å²) in [6, 6.07) is 0.0754. The number of aromatic amines is 1. The van der Waals surface area contributed by atoms with Crippen LogP contribution in [0.4, 0.5) is 0 Å². The van der Waals surface area contributed by atoms with Crippen molar-refractivity contribution in [3.8, 4) is 0 Å². The summed E-state index contributed by atoms with van der Waals surface area (Å²) in [4.78, 5) is 6.38. The van der Waals surface area contributed by atoms with Crippen molar-refractivity contribution in [3.63, 3.8) is 0 Å². The fraction of sp³-hybridized carbons (Fsp3) is 0.750. The largest absolute Gasteiger partial charge is 0.335 e. The van der Waals surface area contributed by atoms with E-state index in [4.69, 9.17) is 0 Å². The lowest BCUT2D eigenvalue weighted by Crippen LogP contribution is -2.37. The van der Waals surface area contributed by atoms with Crippen LogP contribution in [0.25, 0.3) is 0 Å². The Labute approximate surface area is 108 Å². The maximum atomic E-state index is 12.0. The Bertz CT molecular complexity index is 448. The van der Waals surface area contributed by atoms with Gasteiger partial charge in [0.25, 0.3) is 10.0 Å². The van der Waals surface area contributed by atoms with E-state index >= 15 is 0 Å². The molecule has 6 heteroatoms. The standard InChI is InChI=1S/C12H21N3O2S/c1-2-3-10-4-6-11(7-5-10)15-18(16,17)12-8-13-9-14-12/h8-11,15H,2-7H2,1H3,(H,13,14). The molecular formula is C12H21N3O2S. The molecule has 5 nitrogen and oxygen atoms in total. The lowest BCUT2D eigenvalue weighted by Gasteiger charge is -2.28. The lowest BCUT2D eigenvalue weighted by molar-refractivity contribution is 0.297. The van der Waals surface area contributed by atoms with E-state index in [1.165, 1.54) is 25.4 Å². The summed E-state index contributed by atoms with van der Waals surface area (Å²) in [6.07, 6.45) is 9.34. The number of hydrogen-bond acceptors (Lipinski definition) is 3. The molecule has 18 heavy (non-hydrogen) atoms. The van der Waals surface area contributed by atoms with E-state index in [1.54, 1.807) is 0 Å². The highest BCUT2D eigenvalue weighted by Gasteiger charge is 2.25. The number of sulfonamides is 1. The molecule has 0 amide bonds. The van der Waals surface area contributed by atoms with Crippen LogP contribution in [-0.2, 0) is 10.0 Å². The third-order valence-electron chi connectivity index (χ3n) is 3.63. The van der Waals surface area contributed by atoms with Crippen molar-refractivity contribution in [2.45, 2.75) is 56.5 Å². The smallest absolute Gasteiger partial charge is 0.257 e. The summed E-state index contributed by atoms with van der Waals surface area (Å²) in [5.41, 5.74) is 0. The minimum atomic E-state index is -3.41. The summed E-state index contributed by atoms with van der Waals surface area (Å²) in [7, 11) is -3.41. The summed E-state index contributed by atoms with van der Waals surface area (Å²) >= 11 is 0. The molecule has 0 bridgehead atoms. The maximum absolute atomic E-state index is 12.0. The zero-order chi connectivity index (χ0) is 13.0. The van der Waals surface area contributed by atoms with E-state index in [1.807, 2.05) is 0 Å². The molecule has 2 N–H and O–H groups in total. The molecule has 0 aliphatic heterocycles. The van der Waals surface area contributed by atoms with E-state index in [0.717, 1.165) is 31.6 Å². The predicted octanol–water partition coefficient (Wildman–Crippen LogP) is 2.05. The van der Waals surface area contributed by atoms with Crippen LogP contribution in [0.15, 0.2) is 17.6 Å². The van der Waals surface area contributed by atoms with Crippen molar-refractivity contribution in [1.82, 2.24) is 14.7 Å². The first-order valence-corrected chi connectivity index (χ1v) is 8.11. The normalized spacial score (nSPS) is 25.2. The Morgan fingerprint density at radius 1 is 1.39 bits per heavy atom. The third-order valence-corrected chi connectivity index (χ3v) is 5.07. The fourth-order valence-corrected chi connectivity index (χ4v) is 3.86. The van der Waals surface area contributed by atoms with Gasteiger partial charge in [-0.1, -0.05) is 19.8 Å². The Hall–Kier alpha value is -0.880. The average Bonchev–Trinajstić information content (AvgIpc) is 2.86. The van der Waals surface area contributed by atoms with Crippen LogP contribution in [0.5, 0.6) is 0 Å². The molecule has 0 spiro atoms. The first-order chi connectivity index (χ1) is 8.62. The van der Waals surface area contributed by atoms with Gasteiger partial charge < -0.3 is 4.98 Å². The second-order valence-corrected chi connectivity index (χ2v) is 6.73. The van der Waals surface area contributed by atoms with E-state index in [9.17, 15) is 8.42 Å². The topological polar surface area (TPSA) is 74.8 Å². The van der Waals surface area contributed by atoms with Crippen LogP contribution in [0.2, 0.25) is 0 Å². The van der Waals surface area contributed by atoms with Gasteiger partial charge in [-0.15, -0.1) is 0 Å². The minimum Gasteiger partial charge on any atom is -0.335 e. The Kier molecular flexibility index (Phi) is 4.40. The molecule has 0 radical (unpaired) electrons. The van der Waals surface area contributed by atoms with Crippen LogP contribution >= 0.6 is 0 Å².